The number of carbonyl (C=O) groups is 1. The fraction of sp³-hybridized carbons (Fsp3) is 0.267. The molecule has 4 aliphatic rings. The summed E-state index contributed by atoms with van der Waals surface area (Å²) in [5, 5.41) is 37.8. The average molecular weight is 1760 g/mol. The summed E-state index contributed by atoms with van der Waals surface area (Å²) >= 11 is 2.15. The van der Waals surface area contributed by atoms with Crippen molar-refractivity contribution in [2.75, 3.05) is 42.1 Å². The average Bonchev–Trinajstić information content (AvgIpc) is 1.23. The number of likely N-dealkylation sites (tertiary alicyclic amines) is 1. The number of alkyl halides is 6. The number of nitriles is 2. The Labute approximate surface area is 752 Å². The number of nitrogens with one attached hydrogen (secondary N) is 4. The quantitative estimate of drug-likeness (QED) is 0.0239. The summed E-state index contributed by atoms with van der Waals surface area (Å²) in [7, 11) is 0. The number of aromatic nitrogens is 8. The molecule has 4 N–H and O–H groups in total. The van der Waals surface area contributed by atoms with Gasteiger partial charge in [-0.1, -0.05) is 200 Å². The van der Waals surface area contributed by atoms with Gasteiger partial charge in [0.15, 0.2) is 0 Å². The monoisotopic (exact) mass is 1760 g/mol. The molecule has 16 nitrogen and oxygen atoms in total. The Morgan fingerprint density at radius 3 is 1.31 bits per heavy atom. The molecule has 0 radical (unpaired) electrons. The Morgan fingerprint density at radius 2 is 0.899 bits per heavy atom. The molecule has 2 saturated carbocycles. The van der Waals surface area contributed by atoms with Crippen molar-refractivity contribution < 1.29 is 31.1 Å². The fourth-order valence-corrected chi connectivity index (χ4v) is 21.2. The minimum absolute atomic E-state index is 0.0875. The molecule has 2 aliphatic heterocycles. The zero-order valence-corrected chi connectivity index (χ0v) is 73.1. The fourth-order valence-electron chi connectivity index (χ4n) is 19.1. The van der Waals surface area contributed by atoms with E-state index in [4.69, 9.17) is 9.97 Å². The number of fused-ring (bicyclic) bond motifs is 4. The van der Waals surface area contributed by atoms with Crippen LogP contribution >= 0.6 is 22.7 Å². The van der Waals surface area contributed by atoms with Gasteiger partial charge in [-0.05, 0) is 194 Å². The van der Waals surface area contributed by atoms with Crippen LogP contribution < -0.4 is 21.3 Å². The molecule has 0 bridgehead atoms. The number of nitrogens with zero attached hydrogens (tertiary/aromatic N) is 11. The molecular formula is C105H95F6N15OS2. The zero-order chi connectivity index (χ0) is 88.9. The normalized spacial score (nSPS) is 15.3. The lowest BCUT2D eigenvalue weighted by atomic mass is 9.66. The summed E-state index contributed by atoms with van der Waals surface area (Å²) < 4.78 is 81.1. The predicted molar refractivity (Wildman–Crippen MR) is 500 cm³/mol. The molecule has 0 amide bonds. The van der Waals surface area contributed by atoms with E-state index in [-0.39, 0.29) is 26.6 Å². The first-order valence-corrected chi connectivity index (χ1v) is 45.4. The number of rotatable bonds is 25. The number of halogens is 6. The van der Waals surface area contributed by atoms with Gasteiger partial charge in [-0.15, -0.1) is 22.7 Å². The molecule has 0 spiro atoms. The third kappa shape index (κ3) is 18.5. The van der Waals surface area contributed by atoms with Crippen LogP contribution in [0.2, 0.25) is 0 Å². The van der Waals surface area contributed by atoms with Gasteiger partial charge in [0.05, 0.1) is 29.0 Å². The van der Waals surface area contributed by atoms with Crippen molar-refractivity contribution in [3.8, 4) is 12.1 Å². The Morgan fingerprint density at radius 1 is 0.473 bits per heavy atom. The van der Waals surface area contributed by atoms with Gasteiger partial charge in [-0.2, -0.15) is 36.9 Å². The number of hydrogen-bond acceptors (Lipinski definition) is 16. The van der Waals surface area contributed by atoms with Gasteiger partial charge in [-0.3, -0.25) is 14.7 Å². The first kappa shape index (κ1) is 86.5. The lowest BCUT2D eigenvalue weighted by Gasteiger charge is -2.37. The third-order valence-corrected chi connectivity index (χ3v) is 28.4. The minimum Gasteiger partial charge on any atom is -0.367 e. The molecule has 10 heterocycles. The first-order valence-electron chi connectivity index (χ1n) is 43.8. The van der Waals surface area contributed by atoms with Crippen molar-refractivity contribution in [2.45, 2.75) is 150 Å². The number of thiophene rings is 2. The highest BCUT2D eigenvalue weighted by Gasteiger charge is 2.48. The molecule has 650 valence electrons. The number of benzene rings is 8. The molecule has 2 aliphatic carbocycles. The zero-order valence-electron chi connectivity index (χ0n) is 71.4. The van der Waals surface area contributed by atoms with Crippen LogP contribution in [0.25, 0.3) is 42.2 Å². The lowest BCUT2D eigenvalue weighted by Crippen LogP contribution is -2.39. The van der Waals surface area contributed by atoms with Crippen molar-refractivity contribution in [3.05, 3.63) is 373 Å². The number of hydrogen-bond donors (Lipinski definition) is 4. The van der Waals surface area contributed by atoms with Crippen LogP contribution in [-0.4, -0.2) is 101 Å². The van der Waals surface area contributed by atoms with E-state index < -0.39 is 36.1 Å². The maximum Gasteiger partial charge on any atom is 0.393 e. The van der Waals surface area contributed by atoms with E-state index in [2.05, 4.69) is 287 Å². The first-order chi connectivity index (χ1) is 62.7. The second-order valence-corrected chi connectivity index (χ2v) is 36.7. The Kier molecular flexibility index (Phi) is 24.7. The highest BCUT2D eigenvalue weighted by atomic mass is 32.1. The maximum atomic E-state index is 13.1. The van der Waals surface area contributed by atoms with Crippen LogP contribution in [0.1, 0.15) is 150 Å². The van der Waals surface area contributed by atoms with Gasteiger partial charge in [-0.25, -0.2) is 24.9 Å². The van der Waals surface area contributed by atoms with E-state index >= 15 is 0 Å². The Balaban J connectivity index is 0.000000148. The second kappa shape index (κ2) is 36.9. The minimum atomic E-state index is -4.27. The van der Waals surface area contributed by atoms with E-state index in [1.54, 1.807) is 12.1 Å². The summed E-state index contributed by atoms with van der Waals surface area (Å²) in [4.78, 5) is 42.7. The van der Waals surface area contributed by atoms with Crippen molar-refractivity contribution in [1.82, 2.24) is 49.3 Å². The number of piperidine rings is 2. The van der Waals surface area contributed by atoms with E-state index in [9.17, 15) is 41.7 Å². The van der Waals surface area contributed by atoms with Crippen molar-refractivity contribution in [3.63, 3.8) is 0 Å². The molecule has 24 heteroatoms. The Bertz CT molecular complexity index is 6520. The van der Waals surface area contributed by atoms with Crippen molar-refractivity contribution in [2.24, 2.45) is 0 Å². The van der Waals surface area contributed by atoms with Crippen LogP contribution in [0.4, 0.5) is 43.8 Å². The van der Waals surface area contributed by atoms with Gasteiger partial charge >= 0.3 is 12.4 Å². The van der Waals surface area contributed by atoms with Crippen LogP contribution in [0, 0.1) is 36.5 Å². The Hall–Kier alpha value is -13.2. The number of anilines is 3. The highest BCUT2D eigenvalue weighted by Crippen LogP contribution is 2.53. The summed E-state index contributed by atoms with van der Waals surface area (Å²) in [5.74, 6) is 2.01. The van der Waals surface area contributed by atoms with Crippen LogP contribution in [-0.2, 0) is 60.7 Å². The predicted octanol–water partition coefficient (Wildman–Crippen LogP) is 22.8. The third-order valence-electron chi connectivity index (χ3n) is 26.4. The van der Waals surface area contributed by atoms with Crippen LogP contribution in [0.3, 0.4) is 0 Å². The van der Waals surface area contributed by atoms with E-state index in [1.807, 2.05) is 49.5 Å². The van der Waals surface area contributed by atoms with Gasteiger partial charge < -0.3 is 30.4 Å². The summed E-state index contributed by atoms with van der Waals surface area (Å²) in [5.41, 5.74) is 16.5. The van der Waals surface area contributed by atoms with Crippen molar-refractivity contribution >= 4 is 88.7 Å². The molecule has 0 atom stereocenters. The highest BCUT2D eigenvalue weighted by molar-refractivity contribution is 7.19. The number of pyridine rings is 2. The van der Waals surface area contributed by atoms with Crippen LogP contribution in [0.5, 0.6) is 0 Å². The number of aldehydes is 1. The number of carbonyl (C=O) groups excluding carboxylic acids is 1. The standard InChI is InChI=1S/C53H48F3N7S.C39H32N4O.C13H15F3N4S/c1-36-37(33-62-25-21-42(22-26-62)61-49-47-28-45(30-53(54,55)56)64-50(47)60-35-59-49)17-20-48-46(36)27-44(31-57)63(48)34-51(23-24-51)41-18-19-43(58-32-41)29-52(38-11-5-2-6-12-38,39-13-7-3-8-14-39)40-15-9-4-10-16-40;1-28-29(26-44)17-19-36-35(28)23-34(24-40)43(36)27-38(21-22-38)33-18-20-37(41-25-33)42-39(30-11-5-2-6-12-30,31-13-7-3-8-14-31)32-15-9-4-10-16-32;14-13(15,16)6-9-5-10-11(18-7-19-12(10)21-9)20-8-1-3-17-4-2-8/h2-20,27-28,32,35,42H,21-26,29-30,33-34H2,1H3,(H,59,60,61);2-20,23,25-26H,21-22,27H2,1H3,(H,41,42);5,7-8,17H,1-4,6H2,(H,18,19,20). The molecule has 2 saturated heterocycles. The largest absolute Gasteiger partial charge is 0.393 e. The van der Waals surface area contributed by atoms with Gasteiger partial charge in [0.1, 0.15) is 75.1 Å². The topological polar surface area (TPSA) is 203 Å². The molecule has 8 aromatic heterocycles. The van der Waals surface area contributed by atoms with Crippen LogP contribution in [0.15, 0.2) is 280 Å². The van der Waals surface area contributed by atoms with Gasteiger partial charge in [0.25, 0.3) is 0 Å². The van der Waals surface area contributed by atoms with E-state index in [0.29, 0.717) is 68.0 Å². The second-order valence-electron chi connectivity index (χ2n) is 34.5. The van der Waals surface area contributed by atoms with Gasteiger partial charge in [0.2, 0.25) is 0 Å². The van der Waals surface area contributed by atoms with E-state index in [0.717, 1.165) is 175 Å². The van der Waals surface area contributed by atoms with Gasteiger partial charge in [0, 0.05) is 117 Å². The molecule has 129 heavy (non-hydrogen) atoms. The summed E-state index contributed by atoms with van der Waals surface area (Å²) in [6.07, 6.45) is 5.99. The van der Waals surface area contributed by atoms with Crippen molar-refractivity contribution in [1.29, 1.82) is 10.5 Å². The number of aryl methyl sites for hydroxylation is 2. The molecule has 20 rings (SSSR count). The molecule has 4 fully saturated rings. The smallest absolute Gasteiger partial charge is 0.367 e. The molecular weight excluding hydrogens is 1670 g/mol. The molecule has 8 aromatic carbocycles. The van der Waals surface area contributed by atoms with E-state index in [1.165, 1.54) is 51.6 Å². The summed E-state index contributed by atoms with van der Waals surface area (Å²) in [6, 6.07) is 93.3. The molecule has 0 unspecified atom stereocenters. The maximum absolute atomic E-state index is 13.1. The lowest BCUT2D eigenvalue weighted by molar-refractivity contribution is -0.127. The summed E-state index contributed by atoms with van der Waals surface area (Å²) in [6.45, 7) is 9.94. The molecule has 16 aromatic rings. The SMILES string of the molecule is Cc1c(C=O)ccc2c1cc(C#N)n2CC1(c2ccc(NC(c3ccccc3)(c3ccccc3)c3ccccc3)nc2)CC1.Cc1c(CN2CCC(Nc3ncnc4sc(CC(F)(F)F)cc34)CC2)ccc2c1cc(C#N)n2CC1(c2ccc(CC(c3ccccc3)(c3ccccc3)c3ccccc3)nc2)CC1.FC(F)(F)Cc1cc2c(NC3CCNCC3)ncnc2s1.